The van der Waals surface area contributed by atoms with Gasteiger partial charge < -0.3 is 9.80 Å². The van der Waals surface area contributed by atoms with Gasteiger partial charge in [0.1, 0.15) is 0 Å². The summed E-state index contributed by atoms with van der Waals surface area (Å²) in [5, 5.41) is 0. The monoisotopic (exact) mass is 309 g/mol. The van der Waals surface area contributed by atoms with E-state index in [0.717, 1.165) is 26.2 Å². The van der Waals surface area contributed by atoms with Crippen molar-refractivity contribution in [3.63, 3.8) is 0 Å². The van der Waals surface area contributed by atoms with Gasteiger partial charge in [-0.3, -0.25) is 9.78 Å². The molecule has 0 spiro atoms. The lowest BCUT2D eigenvalue weighted by Crippen LogP contribution is -2.49. The number of amides is 1. The Labute approximate surface area is 137 Å². The highest BCUT2D eigenvalue weighted by atomic mass is 16.2. The smallest absolute Gasteiger partial charge is 0.223 e. The number of aromatic nitrogens is 1. The van der Waals surface area contributed by atoms with E-state index >= 15 is 0 Å². The molecule has 4 heteroatoms. The summed E-state index contributed by atoms with van der Waals surface area (Å²) in [6, 6.07) is 14.3. The van der Waals surface area contributed by atoms with E-state index in [9.17, 15) is 4.79 Å². The van der Waals surface area contributed by atoms with Gasteiger partial charge in [0.15, 0.2) is 0 Å². The molecule has 1 saturated heterocycles. The SMILES string of the molecule is CC(CC(=O)N1CCN(c2ccncc2)CC1)c1ccccc1. The first-order chi connectivity index (χ1) is 11.2. The standard InChI is InChI=1S/C19H23N3O/c1-16(17-5-3-2-4-6-17)15-19(23)22-13-11-21(12-14-22)18-7-9-20-10-8-18/h2-10,16H,11-15H2,1H3. The zero-order chi connectivity index (χ0) is 16.1. The minimum Gasteiger partial charge on any atom is -0.368 e. The maximum Gasteiger partial charge on any atom is 0.223 e. The zero-order valence-corrected chi connectivity index (χ0v) is 13.6. The molecule has 3 rings (SSSR count). The highest BCUT2D eigenvalue weighted by Gasteiger charge is 2.22. The Kier molecular flexibility index (Phi) is 4.91. The van der Waals surface area contributed by atoms with Gasteiger partial charge in [-0.15, -0.1) is 0 Å². The van der Waals surface area contributed by atoms with Crippen molar-refractivity contribution >= 4 is 11.6 Å². The van der Waals surface area contributed by atoms with Crippen molar-refractivity contribution in [3.05, 3.63) is 60.4 Å². The molecule has 0 radical (unpaired) electrons. The van der Waals surface area contributed by atoms with Crippen LogP contribution in [0.2, 0.25) is 0 Å². The Morgan fingerprint density at radius 2 is 1.70 bits per heavy atom. The number of pyridine rings is 1. The van der Waals surface area contributed by atoms with Crippen molar-refractivity contribution in [1.82, 2.24) is 9.88 Å². The average molecular weight is 309 g/mol. The lowest BCUT2D eigenvalue weighted by molar-refractivity contribution is -0.131. The molecule has 1 unspecified atom stereocenters. The molecule has 120 valence electrons. The molecule has 1 amide bonds. The molecule has 4 nitrogen and oxygen atoms in total. The zero-order valence-electron chi connectivity index (χ0n) is 13.6. The molecular formula is C19H23N3O. The van der Waals surface area contributed by atoms with Gasteiger partial charge in [0, 0.05) is 50.7 Å². The Morgan fingerprint density at radius 1 is 1.04 bits per heavy atom. The molecule has 1 atom stereocenters. The average Bonchev–Trinajstić information content (AvgIpc) is 2.63. The normalized spacial score (nSPS) is 16.2. The van der Waals surface area contributed by atoms with E-state index in [2.05, 4.69) is 28.9 Å². The molecule has 1 aliphatic heterocycles. The van der Waals surface area contributed by atoms with Crippen LogP contribution in [0.4, 0.5) is 5.69 Å². The minimum absolute atomic E-state index is 0.260. The summed E-state index contributed by atoms with van der Waals surface area (Å²) in [5.74, 6) is 0.526. The predicted octanol–water partition coefficient (Wildman–Crippen LogP) is 2.92. The van der Waals surface area contributed by atoms with Gasteiger partial charge in [-0.1, -0.05) is 37.3 Å². The number of rotatable bonds is 4. The quantitative estimate of drug-likeness (QED) is 0.871. The molecule has 0 bridgehead atoms. The molecule has 1 fully saturated rings. The highest BCUT2D eigenvalue weighted by Crippen LogP contribution is 2.21. The van der Waals surface area contributed by atoms with E-state index in [1.165, 1.54) is 11.3 Å². The van der Waals surface area contributed by atoms with Crippen LogP contribution in [0.25, 0.3) is 0 Å². The fourth-order valence-corrected chi connectivity index (χ4v) is 3.06. The fourth-order valence-electron chi connectivity index (χ4n) is 3.06. The summed E-state index contributed by atoms with van der Waals surface area (Å²) in [6.45, 7) is 5.48. The van der Waals surface area contributed by atoms with Crippen molar-refractivity contribution < 1.29 is 4.79 Å². The largest absolute Gasteiger partial charge is 0.368 e. The van der Waals surface area contributed by atoms with Crippen LogP contribution in [0.3, 0.4) is 0 Å². The van der Waals surface area contributed by atoms with Crippen molar-refractivity contribution in [1.29, 1.82) is 0 Å². The third-order valence-corrected chi connectivity index (χ3v) is 4.51. The number of carbonyl (C=O) groups is 1. The first-order valence-electron chi connectivity index (χ1n) is 8.22. The molecule has 2 aromatic rings. The summed E-state index contributed by atoms with van der Waals surface area (Å²) in [4.78, 5) is 20.9. The summed E-state index contributed by atoms with van der Waals surface area (Å²) >= 11 is 0. The van der Waals surface area contributed by atoms with Crippen LogP contribution in [0, 0.1) is 0 Å². The van der Waals surface area contributed by atoms with Crippen LogP contribution in [-0.2, 0) is 4.79 Å². The molecule has 2 heterocycles. The lowest BCUT2D eigenvalue weighted by atomic mass is 9.97. The van der Waals surface area contributed by atoms with Crippen LogP contribution < -0.4 is 4.90 Å². The van der Waals surface area contributed by atoms with Gasteiger partial charge in [-0.2, -0.15) is 0 Å². The fraction of sp³-hybridized carbons (Fsp3) is 0.368. The Morgan fingerprint density at radius 3 is 2.35 bits per heavy atom. The molecule has 1 aromatic heterocycles. The number of nitrogens with zero attached hydrogens (tertiary/aromatic N) is 3. The number of benzene rings is 1. The molecule has 0 saturated carbocycles. The van der Waals surface area contributed by atoms with Crippen LogP contribution in [-0.4, -0.2) is 42.0 Å². The second-order valence-electron chi connectivity index (χ2n) is 6.09. The van der Waals surface area contributed by atoms with Crippen molar-refractivity contribution in [2.24, 2.45) is 0 Å². The van der Waals surface area contributed by atoms with Crippen molar-refractivity contribution in [2.45, 2.75) is 19.3 Å². The second kappa shape index (κ2) is 7.27. The van der Waals surface area contributed by atoms with E-state index in [1.807, 2.05) is 47.6 Å². The third kappa shape index (κ3) is 3.89. The van der Waals surface area contributed by atoms with Gasteiger partial charge in [-0.25, -0.2) is 0 Å². The van der Waals surface area contributed by atoms with Gasteiger partial charge in [-0.05, 0) is 23.6 Å². The van der Waals surface area contributed by atoms with Gasteiger partial charge in [0.05, 0.1) is 0 Å². The second-order valence-corrected chi connectivity index (χ2v) is 6.09. The first-order valence-corrected chi connectivity index (χ1v) is 8.22. The Balaban J connectivity index is 1.52. The van der Waals surface area contributed by atoms with Crippen LogP contribution in [0.5, 0.6) is 0 Å². The van der Waals surface area contributed by atoms with Crippen LogP contribution in [0.15, 0.2) is 54.9 Å². The Hall–Kier alpha value is -2.36. The van der Waals surface area contributed by atoms with Crippen molar-refractivity contribution in [3.8, 4) is 0 Å². The first kappa shape index (κ1) is 15.5. The van der Waals surface area contributed by atoms with Crippen molar-refractivity contribution in [2.75, 3.05) is 31.1 Å². The number of anilines is 1. The molecule has 1 aromatic carbocycles. The maximum atomic E-state index is 12.5. The van der Waals surface area contributed by atoms with Gasteiger partial charge >= 0.3 is 0 Å². The molecular weight excluding hydrogens is 286 g/mol. The van der Waals surface area contributed by atoms with E-state index in [0.29, 0.717) is 6.42 Å². The molecule has 1 aliphatic rings. The van der Waals surface area contributed by atoms with Gasteiger partial charge in [0.2, 0.25) is 5.91 Å². The summed E-state index contributed by atoms with van der Waals surface area (Å²) in [7, 11) is 0. The van der Waals surface area contributed by atoms with E-state index < -0.39 is 0 Å². The third-order valence-electron chi connectivity index (χ3n) is 4.51. The number of hydrogen-bond donors (Lipinski definition) is 0. The topological polar surface area (TPSA) is 36.4 Å². The number of carbonyl (C=O) groups excluding carboxylic acids is 1. The number of hydrogen-bond acceptors (Lipinski definition) is 3. The van der Waals surface area contributed by atoms with E-state index in [4.69, 9.17) is 0 Å². The summed E-state index contributed by atoms with van der Waals surface area (Å²) in [6.07, 6.45) is 4.21. The van der Waals surface area contributed by atoms with Crippen LogP contribution >= 0.6 is 0 Å². The predicted molar refractivity (Wildman–Crippen MR) is 92.5 cm³/mol. The van der Waals surface area contributed by atoms with E-state index in [-0.39, 0.29) is 11.8 Å². The van der Waals surface area contributed by atoms with E-state index in [1.54, 1.807) is 0 Å². The summed E-state index contributed by atoms with van der Waals surface area (Å²) in [5.41, 5.74) is 2.42. The minimum atomic E-state index is 0.260. The highest BCUT2D eigenvalue weighted by molar-refractivity contribution is 5.77. The molecule has 0 aliphatic carbocycles. The summed E-state index contributed by atoms with van der Waals surface area (Å²) < 4.78 is 0. The molecule has 23 heavy (non-hydrogen) atoms. The molecule has 0 N–H and O–H groups in total. The lowest BCUT2D eigenvalue weighted by Gasteiger charge is -2.36. The number of piperazine rings is 1. The van der Waals surface area contributed by atoms with Crippen LogP contribution in [0.1, 0.15) is 24.8 Å². The maximum absolute atomic E-state index is 12.5. The Bertz CT molecular complexity index is 622. The van der Waals surface area contributed by atoms with Gasteiger partial charge in [0.25, 0.3) is 0 Å².